The molecule has 1 fully saturated rings. The van der Waals surface area contributed by atoms with Crippen molar-refractivity contribution in [3.05, 3.63) is 36.0 Å². The van der Waals surface area contributed by atoms with Crippen molar-refractivity contribution in [2.45, 2.75) is 51.2 Å². The lowest BCUT2D eigenvalue weighted by Gasteiger charge is -2.30. The summed E-state index contributed by atoms with van der Waals surface area (Å²) in [4.78, 5) is 20.5. The van der Waals surface area contributed by atoms with Gasteiger partial charge in [-0.2, -0.15) is 5.10 Å². The van der Waals surface area contributed by atoms with E-state index in [1.54, 1.807) is 23.3 Å². The normalized spacial score (nSPS) is 19.0. The summed E-state index contributed by atoms with van der Waals surface area (Å²) in [5.41, 5.74) is 13.0. The summed E-state index contributed by atoms with van der Waals surface area (Å²) >= 11 is 0. The number of halogens is 1. The largest absolute Gasteiger partial charge is 0.365 e. The number of fused-ring (bicyclic) bond motifs is 1. The zero-order chi connectivity index (χ0) is 21.3. The first-order valence-corrected chi connectivity index (χ1v) is 10.1. The minimum Gasteiger partial charge on any atom is -0.365 e. The molecule has 0 spiro atoms. The van der Waals surface area contributed by atoms with Crippen molar-refractivity contribution in [2.24, 2.45) is 11.5 Å². The quantitative estimate of drug-likeness (QED) is 0.488. The third-order valence-corrected chi connectivity index (χ3v) is 5.51. The molecule has 0 radical (unpaired) electrons. The Hall–Kier alpha value is -3.27. The van der Waals surface area contributed by atoms with E-state index in [0.717, 1.165) is 42.7 Å². The molecule has 3 aromatic heterocycles. The van der Waals surface area contributed by atoms with E-state index in [0.29, 0.717) is 12.2 Å². The van der Waals surface area contributed by atoms with E-state index in [1.165, 1.54) is 0 Å². The molecule has 3 aromatic rings. The Bertz CT molecular complexity index is 1080. The van der Waals surface area contributed by atoms with Gasteiger partial charge in [-0.3, -0.25) is 14.5 Å². The van der Waals surface area contributed by atoms with E-state index in [9.17, 15) is 9.18 Å². The summed E-state index contributed by atoms with van der Waals surface area (Å²) < 4.78 is 16.5. The van der Waals surface area contributed by atoms with Gasteiger partial charge in [0, 0.05) is 24.0 Å². The molecule has 0 saturated heterocycles. The number of hydrogen-bond donors (Lipinski definition) is 4. The average Bonchev–Trinajstić information content (AvgIpc) is 3.16. The number of anilines is 3. The Kier molecular flexibility index (Phi) is 5.49. The standard InChI is InChI=1S/C20H25FN8O/c1-2-29-17-10-24-9-16(12(17)8-25-29)27-19-11(18(23)30)7-13(21)20(28-19)26-15-6-4-3-5-14(15)22/h7-10,14-15H,2-6,22H2,1H3,(H2,23,30)(H2,26,27,28)/t14-,15+/m0/s1. The van der Waals surface area contributed by atoms with Crippen LogP contribution in [0.3, 0.4) is 0 Å². The summed E-state index contributed by atoms with van der Waals surface area (Å²) in [5, 5.41) is 11.3. The fourth-order valence-corrected chi connectivity index (χ4v) is 3.86. The Labute approximate surface area is 173 Å². The van der Waals surface area contributed by atoms with Gasteiger partial charge in [0.2, 0.25) is 0 Å². The molecule has 1 aliphatic rings. The molecule has 2 atom stereocenters. The van der Waals surface area contributed by atoms with E-state index in [1.807, 2.05) is 6.92 Å². The number of pyridine rings is 2. The smallest absolute Gasteiger partial charge is 0.252 e. The monoisotopic (exact) mass is 412 g/mol. The highest BCUT2D eigenvalue weighted by Gasteiger charge is 2.24. The van der Waals surface area contributed by atoms with Crippen molar-refractivity contribution >= 4 is 34.1 Å². The lowest BCUT2D eigenvalue weighted by atomic mass is 9.91. The second-order valence-electron chi connectivity index (χ2n) is 7.48. The van der Waals surface area contributed by atoms with Crippen LogP contribution in [0.1, 0.15) is 43.0 Å². The van der Waals surface area contributed by atoms with E-state index in [2.05, 4.69) is 25.7 Å². The number of amides is 1. The van der Waals surface area contributed by atoms with Crippen LogP contribution < -0.4 is 22.1 Å². The molecule has 6 N–H and O–H groups in total. The maximum Gasteiger partial charge on any atom is 0.252 e. The molecule has 0 aliphatic heterocycles. The highest BCUT2D eigenvalue weighted by molar-refractivity contribution is 6.00. The van der Waals surface area contributed by atoms with Gasteiger partial charge in [-0.1, -0.05) is 12.8 Å². The van der Waals surface area contributed by atoms with Crippen molar-refractivity contribution in [3.63, 3.8) is 0 Å². The highest BCUT2D eigenvalue weighted by atomic mass is 19.1. The zero-order valence-corrected chi connectivity index (χ0v) is 16.7. The third-order valence-electron chi connectivity index (χ3n) is 5.51. The van der Waals surface area contributed by atoms with Crippen LogP contribution in [0.15, 0.2) is 24.7 Å². The van der Waals surface area contributed by atoms with E-state index >= 15 is 0 Å². The van der Waals surface area contributed by atoms with Gasteiger partial charge in [-0.05, 0) is 25.8 Å². The molecule has 3 heterocycles. The molecule has 0 bridgehead atoms. The number of aryl methyl sites for hydroxylation is 1. The predicted octanol–water partition coefficient (Wildman–Crippen LogP) is 2.51. The van der Waals surface area contributed by atoms with Crippen molar-refractivity contribution in [3.8, 4) is 0 Å². The van der Waals surface area contributed by atoms with Crippen molar-refractivity contribution in [2.75, 3.05) is 10.6 Å². The topological polar surface area (TPSA) is 137 Å². The predicted molar refractivity (Wildman–Crippen MR) is 113 cm³/mol. The number of nitrogens with one attached hydrogen (secondary N) is 2. The van der Waals surface area contributed by atoms with Crippen molar-refractivity contribution in [1.82, 2.24) is 19.7 Å². The Morgan fingerprint density at radius 2 is 2.07 bits per heavy atom. The number of carbonyl (C=O) groups is 1. The molecule has 1 saturated carbocycles. The summed E-state index contributed by atoms with van der Waals surface area (Å²) in [6.45, 7) is 2.67. The van der Waals surface area contributed by atoms with Gasteiger partial charge in [0.25, 0.3) is 5.91 Å². The highest BCUT2D eigenvalue weighted by Crippen LogP contribution is 2.29. The molecule has 158 valence electrons. The van der Waals surface area contributed by atoms with Crippen LogP contribution in [0.4, 0.5) is 21.7 Å². The Morgan fingerprint density at radius 1 is 1.27 bits per heavy atom. The number of nitrogens with two attached hydrogens (primary N) is 2. The first-order valence-electron chi connectivity index (χ1n) is 10.1. The number of aromatic nitrogens is 4. The minimum absolute atomic E-state index is 0.0363. The number of hydrogen-bond acceptors (Lipinski definition) is 7. The molecule has 9 nitrogen and oxygen atoms in total. The molecule has 4 rings (SSSR count). The fraction of sp³-hybridized carbons (Fsp3) is 0.400. The molecule has 1 amide bonds. The third kappa shape index (κ3) is 3.78. The van der Waals surface area contributed by atoms with Gasteiger partial charge in [-0.25, -0.2) is 9.37 Å². The lowest BCUT2D eigenvalue weighted by Crippen LogP contribution is -2.43. The van der Waals surface area contributed by atoms with Crippen molar-refractivity contribution < 1.29 is 9.18 Å². The van der Waals surface area contributed by atoms with Crippen LogP contribution in [0, 0.1) is 5.82 Å². The fourth-order valence-electron chi connectivity index (χ4n) is 3.86. The molecular formula is C20H25FN8O. The van der Waals surface area contributed by atoms with Crippen LogP contribution in [-0.2, 0) is 6.54 Å². The molecule has 10 heteroatoms. The summed E-state index contributed by atoms with van der Waals surface area (Å²) in [6.07, 6.45) is 8.81. The molecule has 0 unspecified atom stereocenters. The maximum absolute atomic E-state index is 14.7. The Morgan fingerprint density at radius 3 is 2.80 bits per heavy atom. The molecule has 0 aromatic carbocycles. The number of nitrogens with zero attached hydrogens (tertiary/aromatic N) is 4. The van der Waals surface area contributed by atoms with Crippen LogP contribution in [0.5, 0.6) is 0 Å². The average molecular weight is 412 g/mol. The molecule has 1 aliphatic carbocycles. The van der Waals surface area contributed by atoms with Gasteiger partial charge in [0.05, 0.1) is 35.4 Å². The minimum atomic E-state index is -0.783. The maximum atomic E-state index is 14.7. The molecular weight excluding hydrogens is 387 g/mol. The number of carbonyl (C=O) groups excluding carboxylic acids is 1. The summed E-state index contributed by atoms with van der Waals surface area (Å²) in [5.74, 6) is -1.25. The summed E-state index contributed by atoms with van der Waals surface area (Å²) in [7, 11) is 0. The Balaban J connectivity index is 1.71. The SMILES string of the molecule is CCn1ncc2c(Nc3nc(N[C@@H]4CCCC[C@@H]4N)c(F)cc3C(N)=O)cncc21. The summed E-state index contributed by atoms with van der Waals surface area (Å²) in [6, 6.07) is 0.933. The lowest BCUT2D eigenvalue weighted by molar-refractivity contribution is 0.100. The van der Waals surface area contributed by atoms with Crippen LogP contribution >= 0.6 is 0 Å². The van der Waals surface area contributed by atoms with Gasteiger partial charge in [-0.15, -0.1) is 0 Å². The second-order valence-corrected chi connectivity index (χ2v) is 7.48. The van der Waals surface area contributed by atoms with Gasteiger partial charge in [0.15, 0.2) is 11.6 Å². The van der Waals surface area contributed by atoms with Crippen LogP contribution in [0.25, 0.3) is 10.9 Å². The zero-order valence-electron chi connectivity index (χ0n) is 16.7. The van der Waals surface area contributed by atoms with E-state index in [-0.39, 0.29) is 29.3 Å². The second kappa shape index (κ2) is 8.23. The number of primary amides is 1. The molecule has 30 heavy (non-hydrogen) atoms. The number of rotatable bonds is 6. The van der Waals surface area contributed by atoms with Gasteiger partial charge in [0.1, 0.15) is 5.82 Å². The van der Waals surface area contributed by atoms with Gasteiger partial charge < -0.3 is 22.1 Å². The first kappa shape index (κ1) is 20.0. The van der Waals surface area contributed by atoms with Crippen molar-refractivity contribution in [1.29, 1.82) is 0 Å². The van der Waals surface area contributed by atoms with Crippen LogP contribution in [0.2, 0.25) is 0 Å². The van der Waals surface area contributed by atoms with E-state index in [4.69, 9.17) is 11.5 Å². The van der Waals surface area contributed by atoms with Crippen LogP contribution in [-0.4, -0.2) is 37.7 Å². The van der Waals surface area contributed by atoms with Gasteiger partial charge >= 0.3 is 0 Å². The van der Waals surface area contributed by atoms with E-state index < -0.39 is 11.7 Å². The first-order chi connectivity index (χ1) is 14.5.